The normalized spacial score (nSPS) is 10.4. The molecule has 5 heteroatoms. The molecule has 0 spiro atoms. The van der Waals surface area contributed by atoms with Crippen molar-refractivity contribution in [2.75, 3.05) is 5.73 Å². The summed E-state index contributed by atoms with van der Waals surface area (Å²) in [5.41, 5.74) is 8.15. The van der Waals surface area contributed by atoms with Gasteiger partial charge in [-0.3, -0.25) is 0 Å². The van der Waals surface area contributed by atoms with Gasteiger partial charge in [0.1, 0.15) is 5.69 Å². The first-order valence-electron chi connectivity index (χ1n) is 5.55. The van der Waals surface area contributed by atoms with Crippen LogP contribution in [0.5, 0.6) is 0 Å². The zero-order valence-electron chi connectivity index (χ0n) is 9.56. The lowest BCUT2D eigenvalue weighted by Crippen LogP contribution is -2.02. The quantitative estimate of drug-likeness (QED) is 0.691. The fourth-order valence-electron chi connectivity index (χ4n) is 1.69. The summed E-state index contributed by atoms with van der Waals surface area (Å²) < 4.78 is 0. The van der Waals surface area contributed by atoms with Crippen LogP contribution in [0.3, 0.4) is 0 Å². The van der Waals surface area contributed by atoms with E-state index in [-0.39, 0.29) is 0 Å². The van der Waals surface area contributed by atoms with E-state index in [1.807, 2.05) is 48.5 Å². The topological polar surface area (TPSA) is 69.6 Å². The number of benzene rings is 2. The second-order valence-corrected chi connectivity index (χ2v) is 3.83. The smallest absolute Gasteiger partial charge is 0.205 e. The fraction of sp³-hybridized carbons (Fsp3) is 0. The molecule has 3 rings (SSSR count). The van der Waals surface area contributed by atoms with Crippen molar-refractivity contribution < 1.29 is 0 Å². The Hall–Kier alpha value is -2.69. The molecule has 2 N–H and O–H groups in total. The number of nitrogens with two attached hydrogens (primary N) is 1. The Morgan fingerprint density at radius 1 is 0.889 bits per heavy atom. The number of hydrogen-bond donors (Lipinski definition) is 1. The maximum Gasteiger partial charge on any atom is 0.205 e. The molecule has 2 aromatic carbocycles. The minimum atomic E-state index is 0.582. The number of tetrazole rings is 1. The highest BCUT2D eigenvalue weighted by atomic mass is 15.6. The maximum absolute atomic E-state index is 5.87. The van der Waals surface area contributed by atoms with Crippen molar-refractivity contribution in [2.24, 2.45) is 0 Å². The number of nitrogens with zero attached hydrogens (tertiary/aromatic N) is 4. The number of aromatic nitrogens is 4. The van der Waals surface area contributed by atoms with Crippen LogP contribution >= 0.6 is 0 Å². The van der Waals surface area contributed by atoms with Gasteiger partial charge >= 0.3 is 0 Å². The molecule has 88 valence electrons. The van der Waals surface area contributed by atoms with Gasteiger partial charge < -0.3 is 5.73 Å². The van der Waals surface area contributed by atoms with Gasteiger partial charge in [0.15, 0.2) is 0 Å². The Kier molecular flexibility index (Phi) is 2.49. The molecule has 1 aromatic heterocycles. The van der Waals surface area contributed by atoms with Crippen LogP contribution in [0.15, 0.2) is 54.6 Å². The average Bonchev–Trinajstić information content (AvgIpc) is 2.90. The summed E-state index contributed by atoms with van der Waals surface area (Å²) in [6, 6.07) is 17.1. The van der Waals surface area contributed by atoms with Gasteiger partial charge in [-0.2, -0.15) is 0 Å². The van der Waals surface area contributed by atoms with Crippen molar-refractivity contribution in [3.05, 3.63) is 54.6 Å². The van der Waals surface area contributed by atoms with Gasteiger partial charge in [0, 0.05) is 5.56 Å². The van der Waals surface area contributed by atoms with Crippen LogP contribution in [-0.2, 0) is 0 Å². The van der Waals surface area contributed by atoms with Crippen molar-refractivity contribution in [1.82, 2.24) is 20.2 Å². The Labute approximate surface area is 104 Å². The number of hydrogen-bond acceptors (Lipinski definition) is 4. The van der Waals surface area contributed by atoms with Crippen LogP contribution in [0.1, 0.15) is 0 Å². The highest BCUT2D eigenvalue weighted by molar-refractivity contribution is 5.57. The van der Waals surface area contributed by atoms with Gasteiger partial charge in [-0.1, -0.05) is 42.5 Å². The van der Waals surface area contributed by atoms with Crippen molar-refractivity contribution >= 4 is 5.69 Å². The molecule has 1 heterocycles. The summed E-state index contributed by atoms with van der Waals surface area (Å²) in [5.74, 6) is 0.582. The first-order chi connectivity index (χ1) is 8.84. The van der Waals surface area contributed by atoms with E-state index in [2.05, 4.69) is 15.4 Å². The predicted octanol–water partition coefficient (Wildman–Crippen LogP) is 1.91. The van der Waals surface area contributed by atoms with E-state index in [0.29, 0.717) is 11.5 Å². The number of nitrogen functional groups attached to an aromatic ring is 1. The second kappa shape index (κ2) is 4.29. The van der Waals surface area contributed by atoms with Crippen LogP contribution in [0.4, 0.5) is 5.69 Å². The van der Waals surface area contributed by atoms with Crippen molar-refractivity contribution in [2.45, 2.75) is 0 Å². The van der Waals surface area contributed by atoms with E-state index in [1.54, 1.807) is 6.07 Å². The lowest BCUT2D eigenvalue weighted by molar-refractivity contribution is 0.722. The fourth-order valence-corrected chi connectivity index (χ4v) is 1.69. The third-order valence-electron chi connectivity index (χ3n) is 2.60. The number of anilines is 1. The van der Waals surface area contributed by atoms with Crippen LogP contribution in [0.2, 0.25) is 0 Å². The monoisotopic (exact) mass is 237 g/mol. The predicted molar refractivity (Wildman–Crippen MR) is 69.0 cm³/mol. The molecule has 3 aromatic rings. The number of para-hydroxylation sites is 2. The Morgan fingerprint density at radius 2 is 1.61 bits per heavy atom. The Balaban J connectivity index is 2.03. The zero-order chi connectivity index (χ0) is 12.4. The first-order valence-corrected chi connectivity index (χ1v) is 5.55. The second-order valence-electron chi connectivity index (χ2n) is 3.83. The van der Waals surface area contributed by atoms with E-state index in [9.17, 15) is 0 Å². The Morgan fingerprint density at radius 3 is 2.39 bits per heavy atom. The molecule has 0 unspecified atom stereocenters. The molecule has 0 aliphatic carbocycles. The lowest BCUT2D eigenvalue weighted by atomic mass is 10.2. The molecular formula is C13H11N5. The third-order valence-corrected chi connectivity index (χ3v) is 2.60. The maximum atomic E-state index is 5.87. The third kappa shape index (κ3) is 1.82. The van der Waals surface area contributed by atoms with E-state index < -0.39 is 0 Å². The summed E-state index contributed by atoms with van der Waals surface area (Å²) in [6.45, 7) is 0. The van der Waals surface area contributed by atoms with E-state index >= 15 is 0 Å². The molecule has 0 radical (unpaired) electrons. The largest absolute Gasteiger partial charge is 0.397 e. The molecule has 0 amide bonds. The summed E-state index contributed by atoms with van der Waals surface area (Å²) in [6.07, 6.45) is 0. The van der Waals surface area contributed by atoms with Gasteiger partial charge in [0.25, 0.3) is 0 Å². The minimum Gasteiger partial charge on any atom is -0.397 e. The lowest BCUT2D eigenvalue weighted by Gasteiger charge is -2.01. The molecule has 0 atom stereocenters. The van der Waals surface area contributed by atoms with E-state index in [0.717, 1.165) is 11.3 Å². The van der Waals surface area contributed by atoms with Crippen molar-refractivity contribution in [3.8, 4) is 17.1 Å². The summed E-state index contributed by atoms with van der Waals surface area (Å²) in [4.78, 5) is 1.44. The molecule has 18 heavy (non-hydrogen) atoms. The molecule has 5 nitrogen and oxygen atoms in total. The SMILES string of the molecule is Nc1ccccc1-n1nnc(-c2ccccc2)n1. The van der Waals surface area contributed by atoms with Crippen LogP contribution in [0.25, 0.3) is 17.1 Å². The summed E-state index contributed by atoms with van der Waals surface area (Å²) in [5, 5.41) is 12.4. The van der Waals surface area contributed by atoms with E-state index in [4.69, 9.17) is 5.73 Å². The molecule has 0 fully saturated rings. The van der Waals surface area contributed by atoms with Gasteiger partial charge in [0.05, 0.1) is 5.69 Å². The molecule has 0 saturated heterocycles. The van der Waals surface area contributed by atoms with Crippen LogP contribution in [-0.4, -0.2) is 20.2 Å². The van der Waals surface area contributed by atoms with Gasteiger partial charge in [-0.15, -0.1) is 15.0 Å². The molecule has 0 bridgehead atoms. The Bertz CT molecular complexity index is 660. The molecule has 0 saturated carbocycles. The molecular weight excluding hydrogens is 226 g/mol. The van der Waals surface area contributed by atoms with Gasteiger partial charge in [-0.25, -0.2) is 0 Å². The van der Waals surface area contributed by atoms with Crippen LogP contribution < -0.4 is 5.73 Å². The van der Waals surface area contributed by atoms with Crippen LogP contribution in [0, 0.1) is 0 Å². The van der Waals surface area contributed by atoms with Crippen molar-refractivity contribution in [1.29, 1.82) is 0 Å². The highest BCUT2D eigenvalue weighted by Gasteiger charge is 2.08. The molecule has 0 aliphatic rings. The van der Waals surface area contributed by atoms with E-state index in [1.165, 1.54) is 4.80 Å². The zero-order valence-corrected chi connectivity index (χ0v) is 9.56. The molecule has 0 aliphatic heterocycles. The minimum absolute atomic E-state index is 0.582. The highest BCUT2D eigenvalue weighted by Crippen LogP contribution is 2.17. The first kappa shape index (κ1) is 10.5. The van der Waals surface area contributed by atoms with Gasteiger partial charge in [0.2, 0.25) is 5.82 Å². The average molecular weight is 237 g/mol. The summed E-state index contributed by atoms with van der Waals surface area (Å²) >= 11 is 0. The van der Waals surface area contributed by atoms with Crippen molar-refractivity contribution in [3.63, 3.8) is 0 Å². The summed E-state index contributed by atoms with van der Waals surface area (Å²) in [7, 11) is 0. The number of rotatable bonds is 2. The van der Waals surface area contributed by atoms with Gasteiger partial charge in [-0.05, 0) is 17.3 Å². The standard InChI is InChI=1S/C13H11N5/c14-11-8-4-5-9-12(11)18-16-13(15-17-18)10-6-2-1-3-7-10/h1-9H,14H2.